The van der Waals surface area contributed by atoms with Crippen molar-refractivity contribution in [1.29, 1.82) is 0 Å². The van der Waals surface area contributed by atoms with Gasteiger partial charge in [0.05, 0.1) is 6.26 Å². The van der Waals surface area contributed by atoms with Crippen LogP contribution in [0.25, 0.3) is 11.6 Å². The Morgan fingerprint density at radius 2 is 1.82 bits per heavy atom. The van der Waals surface area contributed by atoms with Crippen molar-refractivity contribution in [1.82, 2.24) is 0 Å². The van der Waals surface area contributed by atoms with E-state index < -0.39 is 0 Å². The number of hydrogen-bond donors (Lipinski definition) is 0. The fraction of sp³-hybridized carbons (Fsp3) is 0.533. The Hall–Kier alpha value is -2.42. The molecule has 33 heavy (non-hydrogen) atoms. The number of rotatable bonds is 6. The molecule has 5 unspecified atom stereocenters. The highest BCUT2D eigenvalue weighted by atomic mass is 16.3. The van der Waals surface area contributed by atoms with E-state index in [1.54, 1.807) is 26.2 Å². The number of fused-ring (bicyclic) bond motifs is 2. The number of carbonyl (C=O) groups is 2. The summed E-state index contributed by atoms with van der Waals surface area (Å²) in [4.78, 5) is 26.5. The van der Waals surface area contributed by atoms with Crippen molar-refractivity contribution in [2.24, 2.45) is 28.1 Å². The summed E-state index contributed by atoms with van der Waals surface area (Å²) in [6, 6.07) is 0. The molecule has 1 aromatic rings. The van der Waals surface area contributed by atoms with Crippen LogP contribution in [0.15, 0.2) is 46.1 Å². The maximum atomic E-state index is 13.3. The standard InChI is InChI=1S/C30H36O3/c1-8-9-10-24-17(2)23(15-33-24)18(3)25(19(4)31)26(20(5)32)27-21-11-29(7)14-22-13-28(27,6)16-30(22,29)12-21/h8-10,15,21-22H,1,11-14,16H2,2-7H3/b10-9-,25-18-,27-26+. The van der Waals surface area contributed by atoms with Crippen LogP contribution in [0.3, 0.4) is 0 Å². The second kappa shape index (κ2) is 7.04. The predicted octanol–water partition coefficient (Wildman–Crippen LogP) is 7.27. The topological polar surface area (TPSA) is 47.3 Å². The molecule has 0 aliphatic heterocycles. The molecule has 0 aromatic carbocycles. The Balaban J connectivity index is 1.72. The van der Waals surface area contributed by atoms with Crippen molar-refractivity contribution in [3.63, 3.8) is 0 Å². The Kier molecular flexibility index (Phi) is 4.77. The number of Topliss-reactive ketones (excluding diaryl/α,β-unsaturated/α-hetero) is 2. The maximum absolute atomic E-state index is 13.3. The average Bonchev–Trinajstić information content (AvgIpc) is 3.24. The molecule has 3 nitrogen and oxygen atoms in total. The van der Waals surface area contributed by atoms with Gasteiger partial charge in [0.25, 0.3) is 0 Å². The largest absolute Gasteiger partial charge is 0.464 e. The summed E-state index contributed by atoms with van der Waals surface area (Å²) in [5, 5.41) is 0. The van der Waals surface area contributed by atoms with E-state index in [4.69, 9.17) is 4.42 Å². The van der Waals surface area contributed by atoms with Crippen LogP contribution in [0.1, 0.15) is 83.6 Å². The molecular weight excluding hydrogens is 408 g/mol. The lowest BCUT2D eigenvalue weighted by atomic mass is 9.47. The van der Waals surface area contributed by atoms with Gasteiger partial charge < -0.3 is 4.42 Å². The van der Waals surface area contributed by atoms with E-state index in [-0.39, 0.29) is 17.0 Å². The van der Waals surface area contributed by atoms with Crippen LogP contribution in [-0.2, 0) is 9.59 Å². The summed E-state index contributed by atoms with van der Waals surface area (Å²) in [6.07, 6.45) is 13.2. The fourth-order valence-corrected chi connectivity index (χ4v) is 8.86. The summed E-state index contributed by atoms with van der Waals surface area (Å²) in [7, 11) is 0. The van der Waals surface area contributed by atoms with E-state index in [1.165, 1.54) is 24.8 Å². The SMILES string of the molecule is C=C/C=C\c1occ(/C(C)=C(C(C)=O)\C(C(C)=O)=C2/C3CC4(C)CC5CC2(C)CC54C3)c1C. The van der Waals surface area contributed by atoms with Crippen LogP contribution in [0, 0.1) is 35.0 Å². The predicted molar refractivity (Wildman–Crippen MR) is 132 cm³/mol. The molecule has 4 aliphatic carbocycles. The Labute approximate surface area is 197 Å². The molecule has 1 aromatic heterocycles. The van der Waals surface area contributed by atoms with Gasteiger partial charge in [0.2, 0.25) is 0 Å². The molecule has 1 heterocycles. The molecule has 5 atom stereocenters. The quantitative estimate of drug-likeness (QED) is 0.342. The van der Waals surface area contributed by atoms with Gasteiger partial charge in [-0.25, -0.2) is 0 Å². The number of hydrogen-bond acceptors (Lipinski definition) is 3. The molecule has 174 valence electrons. The Morgan fingerprint density at radius 3 is 2.45 bits per heavy atom. The highest BCUT2D eigenvalue weighted by molar-refractivity contribution is 6.16. The minimum absolute atomic E-state index is 0.0210. The van der Waals surface area contributed by atoms with Gasteiger partial charge in [-0.2, -0.15) is 0 Å². The number of ketones is 2. The highest BCUT2D eigenvalue weighted by Crippen LogP contribution is 2.85. The molecule has 4 fully saturated rings. The van der Waals surface area contributed by atoms with Crippen molar-refractivity contribution in [2.75, 3.05) is 0 Å². The smallest absolute Gasteiger partial charge is 0.160 e. The fourth-order valence-electron chi connectivity index (χ4n) is 8.86. The number of carbonyl (C=O) groups excluding carboxylic acids is 2. The van der Waals surface area contributed by atoms with Gasteiger partial charge in [0.1, 0.15) is 5.76 Å². The van der Waals surface area contributed by atoms with Gasteiger partial charge >= 0.3 is 0 Å². The zero-order chi connectivity index (χ0) is 23.9. The third-order valence-corrected chi connectivity index (χ3v) is 9.91. The molecule has 1 spiro atoms. The van der Waals surface area contributed by atoms with Crippen molar-refractivity contribution in [3.8, 4) is 0 Å². The van der Waals surface area contributed by atoms with E-state index in [2.05, 4.69) is 20.4 Å². The molecular formula is C30H36O3. The Morgan fingerprint density at radius 1 is 1.09 bits per heavy atom. The average molecular weight is 445 g/mol. The highest BCUT2D eigenvalue weighted by Gasteiger charge is 2.76. The zero-order valence-electron chi connectivity index (χ0n) is 20.9. The van der Waals surface area contributed by atoms with Crippen molar-refractivity contribution < 1.29 is 14.0 Å². The van der Waals surface area contributed by atoms with E-state index >= 15 is 0 Å². The first-order chi connectivity index (χ1) is 15.5. The van der Waals surface area contributed by atoms with E-state index in [0.717, 1.165) is 41.2 Å². The van der Waals surface area contributed by atoms with Crippen LogP contribution in [-0.4, -0.2) is 11.6 Å². The minimum atomic E-state index is -0.0400. The van der Waals surface area contributed by atoms with Crippen LogP contribution in [0.4, 0.5) is 0 Å². The first kappa shape index (κ1) is 22.4. The molecule has 0 amide bonds. The van der Waals surface area contributed by atoms with Crippen LogP contribution in [0.5, 0.6) is 0 Å². The third-order valence-electron chi connectivity index (χ3n) is 9.91. The molecule has 0 N–H and O–H groups in total. The molecule has 0 saturated heterocycles. The molecule has 4 saturated carbocycles. The molecule has 5 rings (SSSR count). The van der Waals surface area contributed by atoms with Crippen LogP contribution < -0.4 is 0 Å². The molecule has 0 radical (unpaired) electrons. The van der Waals surface area contributed by atoms with Crippen molar-refractivity contribution in [2.45, 2.75) is 73.6 Å². The van der Waals surface area contributed by atoms with E-state index in [1.807, 2.05) is 26.0 Å². The van der Waals surface area contributed by atoms with Gasteiger partial charge in [-0.15, -0.1) is 0 Å². The van der Waals surface area contributed by atoms with Crippen molar-refractivity contribution in [3.05, 3.63) is 58.6 Å². The van der Waals surface area contributed by atoms with Crippen molar-refractivity contribution >= 4 is 23.2 Å². The molecule has 3 heteroatoms. The van der Waals surface area contributed by atoms with Crippen LogP contribution in [0.2, 0.25) is 0 Å². The Bertz CT molecular complexity index is 1190. The lowest BCUT2D eigenvalue weighted by Crippen LogP contribution is -2.50. The molecule has 3 bridgehead atoms. The summed E-state index contributed by atoms with van der Waals surface area (Å²) in [6.45, 7) is 15.8. The van der Waals surface area contributed by atoms with Gasteiger partial charge in [-0.05, 0) is 105 Å². The lowest BCUT2D eigenvalue weighted by molar-refractivity contribution is -0.116. The van der Waals surface area contributed by atoms with E-state index in [0.29, 0.717) is 27.9 Å². The second-order valence-electron chi connectivity index (χ2n) is 11.8. The zero-order valence-corrected chi connectivity index (χ0v) is 20.9. The summed E-state index contributed by atoms with van der Waals surface area (Å²) in [5.41, 5.74) is 6.19. The number of allylic oxidation sites excluding steroid dienone is 6. The van der Waals surface area contributed by atoms with Gasteiger partial charge in [0, 0.05) is 22.3 Å². The van der Waals surface area contributed by atoms with Gasteiger partial charge in [-0.1, -0.05) is 32.6 Å². The summed E-state index contributed by atoms with van der Waals surface area (Å²) in [5.74, 6) is 1.93. The van der Waals surface area contributed by atoms with Gasteiger partial charge in [-0.3, -0.25) is 9.59 Å². The number of furan rings is 1. The third kappa shape index (κ3) is 2.80. The second-order valence-corrected chi connectivity index (χ2v) is 11.8. The first-order valence-electron chi connectivity index (χ1n) is 12.3. The van der Waals surface area contributed by atoms with Crippen LogP contribution >= 0.6 is 0 Å². The monoisotopic (exact) mass is 444 g/mol. The maximum Gasteiger partial charge on any atom is 0.160 e. The minimum Gasteiger partial charge on any atom is -0.464 e. The lowest BCUT2D eigenvalue weighted by Gasteiger charge is -2.57. The van der Waals surface area contributed by atoms with Gasteiger partial charge in [0.15, 0.2) is 11.6 Å². The first-order valence-corrected chi connectivity index (χ1v) is 12.3. The summed E-state index contributed by atoms with van der Waals surface area (Å²) < 4.78 is 5.80. The molecule has 4 aliphatic rings. The normalized spacial score (nSPS) is 38.2. The van der Waals surface area contributed by atoms with E-state index in [9.17, 15) is 9.59 Å². The summed E-state index contributed by atoms with van der Waals surface area (Å²) >= 11 is 0.